The molecule has 0 spiro atoms. The predicted octanol–water partition coefficient (Wildman–Crippen LogP) is 3.12. The molecule has 0 bridgehead atoms. The average Bonchev–Trinajstić information content (AvgIpc) is 2.84. The van der Waals surface area contributed by atoms with Gasteiger partial charge >= 0.3 is 5.97 Å². The van der Waals surface area contributed by atoms with Crippen molar-refractivity contribution in [3.63, 3.8) is 0 Å². The van der Waals surface area contributed by atoms with Crippen LogP contribution in [0.5, 0.6) is 11.5 Å². The van der Waals surface area contributed by atoms with E-state index < -0.39 is 28.0 Å². The van der Waals surface area contributed by atoms with Crippen molar-refractivity contribution < 1.29 is 32.2 Å². The van der Waals surface area contributed by atoms with Gasteiger partial charge < -0.3 is 19.5 Å². The maximum absolute atomic E-state index is 13.0. The topological polar surface area (TPSA) is 111 Å². The lowest BCUT2D eigenvalue weighted by molar-refractivity contribution is -0.123. The molecule has 1 saturated heterocycles. The minimum Gasteiger partial charge on any atom is -0.486 e. The molecule has 1 amide bonds. The first-order valence-electron chi connectivity index (χ1n) is 11.3. The summed E-state index contributed by atoms with van der Waals surface area (Å²) in [6.07, 6.45) is 1.53. The largest absolute Gasteiger partial charge is 0.486 e. The standard InChI is InChI=1S/C24H28N2O7S/c1-16-6-8-19(34(29,30)26-10-4-3-5-11-26)15-20(16)24(28)33-17(2)23(27)25-18-7-9-21-22(14-18)32-13-12-31-21/h6-9,14-15,17H,3-5,10-13H2,1-2H3,(H,25,27)/t17-/m1/s1. The smallest absolute Gasteiger partial charge is 0.339 e. The summed E-state index contributed by atoms with van der Waals surface area (Å²) in [5.74, 6) is -0.174. The van der Waals surface area contributed by atoms with E-state index in [1.165, 1.54) is 23.4 Å². The van der Waals surface area contributed by atoms with E-state index >= 15 is 0 Å². The van der Waals surface area contributed by atoms with Crippen molar-refractivity contribution in [2.45, 2.75) is 44.1 Å². The van der Waals surface area contributed by atoms with E-state index in [0.717, 1.165) is 19.3 Å². The lowest BCUT2D eigenvalue weighted by atomic mass is 10.1. The number of hydrogen-bond acceptors (Lipinski definition) is 7. The molecule has 10 heteroatoms. The number of fused-ring (bicyclic) bond motifs is 1. The zero-order chi connectivity index (χ0) is 24.3. The number of sulfonamides is 1. The SMILES string of the molecule is Cc1ccc(S(=O)(=O)N2CCCCC2)cc1C(=O)O[C@H](C)C(=O)Nc1ccc2c(c1)OCCO2. The number of carbonyl (C=O) groups is 2. The number of nitrogens with zero attached hydrogens (tertiary/aromatic N) is 1. The summed E-state index contributed by atoms with van der Waals surface area (Å²) in [5.41, 5.74) is 1.14. The van der Waals surface area contributed by atoms with Gasteiger partial charge in [0.05, 0.1) is 10.5 Å². The monoisotopic (exact) mass is 488 g/mol. The van der Waals surface area contributed by atoms with E-state index in [0.29, 0.717) is 49.1 Å². The Morgan fingerprint density at radius 2 is 1.71 bits per heavy atom. The Bertz CT molecular complexity index is 1190. The second-order valence-electron chi connectivity index (χ2n) is 8.34. The molecule has 0 unspecified atom stereocenters. The number of rotatable bonds is 6. The molecule has 0 aromatic heterocycles. The van der Waals surface area contributed by atoms with Gasteiger partial charge in [0.1, 0.15) is 13.2 Å². The zero-order valence-electron chi connectivity index (χ0n) is 19.2. The number of nitrogens with one attached hydrogen (secondary N) is 1. The fraction of sp³-hybridized carbons (Fsp3) is 0.417. The lowest BCUT2D eigenvalue weighted by Crippen LogP contribution is -2.35. The van der Waals surface area contributed by atoms with Gasteiger partial charge in [0.15, 0.2) is 17.6 Å². The first-order chi connectivity index (χ1) is 16.3. The van der Waals surface area contributed by atoms with Crippen molar-refractivity contribution in [1.29, 1.82) is 0 Å². The van der Waals surface area contributed by atoms with Gasteiger partial charge in [0.25, 0.3) is 5.91 Å². The van der Waals surface area contributed by atoms with Gasteiger partial charge in [-0.15, -0.1) is 0 Å². The maximum atomic E-state index is 13.0. The van der Waals surface area contributed by atoms with Crippen molar-refractivity contribution in [1.82, 2.24) is 4.31 Å². The molecule has 0 radical (unpaired) electrons. The summed E-state index contributed by atoms with van der Waals surface area (Å²) < 4.78 is 43.8. The lowest BCUT2D eigenvalue weighted by Gasteiger charge is -2.26. The normalized spacial score (nSPS) is 17.0. The number of hydrogen-bond donors (Lipinski definition) is 1. The van der Waals surface area contributed by atoms with Gasteiger partial charge in [-0.1, -0.05) is 12.5 Å². The fourth-order valence-electron chi connectivity index (χ4n) is 3.88. The number of amides is 1. The minimum atomic E-state index is -3.70. The van der Waals surface area contributed by atoms with Crippen molar-refractivity contribution in [2.24, 2.45) is 0 Å². The van der Waals surface area contributed by atoms with Gasteiger partial charge in [0.2, 0.25) is 10.0 Å². The zero-order valence-corrected chi connectivity index (χ0v) is 20.0. The van der Waals surface area contributed by atoms with E-state index in [2.05, 4.69) is 5.32 Å². The van der Waals surface area contributed by atoms with Crippen molar-refractivity contribution in [3.05, 3.63) is 47.5 Å². The van der Waals surface area contributed by atoms with E-state index in [4.69, 9.17) is 14.2 Å². The second-order valence-corrected chi connectivity index (χ2v) is 10.3. The van der Waals surface area contributed by atoms with Crippen LogP contribution in [0.15, 0.2) is 41.3 Å². The van der Waals surface area contributed by atoms with Crippen LogP contribution in [0.4, 0.5) is 5.69 Å². The molecule has 182 valence electrons. The third-order valence-electron chi connectivity index (χ3n) is 5.84. The molecule has 2 aromatic rings. The van der Waals surface area contributed by atoms with Crippen LogP contribution in [-0.4, -0.2) is 57.0 Å². The molecular formula is C24H28N2O7S. The summed E-state index contributed by atoms with van der Waals surface area (Å²) >= 11 is 0. The molecule has 2 aliphatic rings. The quantitative estimate of drug-likeness (QED) is 0.622. The molecule has 2 aromatic carbocycles. The highest BCUT2D eigenvalue weighted by Gasteiger charge is 2.28. The van der Waals surface area contributed by atoms with Crippen LogP contribution < -0.4 is 14.8 Å². The van der Waals surface area contributed by atoms with Gasteiger partial charge in [-0.05, 0) is 56.5 Å². The summed E-state index contributed by atoms with van der Waals surface area (Å²) in [6, 6.07) is 9.39. The maximum Gasteiger partial charge on any atom is 0.339 e. The molecule has 34 heavy (non-hydrogen) atoms. The number of ether oxygens (including phenoxy) is 3. The van der Waals surface area contributed by atoms with Crippen molar-refractivity contribution in [3.8, 4) is 11.5 Å². The molecule has 4 rings (SSSR count). The molecule has 9 nitrogen and oxygen atoms in total. The number of benzene rings is 2. The Kier molecular flexibility index (Phi) is 7.08. The third kappa shape index (κ3) is 5.18. The molecule has 2 aliphatic heterocycles. The fourth-order valence-corrected chi connectivity index (χ4v) is 5.42. The van der Waals surface area contributed by atoms with E-state index in [9.17, 15) is 18.0 Å². The number of aryl methyl sites for hydroxylation is 1. The van der Waals surface area contributed by atoms with Crippen LogP contribution >= 0.6 is 0 Å². The molecular weight excluding hydrogens is 460 g/mol. The van der Waals surface area contributed by atoms with Crippen LogP contribution in [0.1, 0.15) is 42.1 Å². The summed E-state index contributed by atoms with van der Waals surface area (Å²) in [5, 5.41) is 2.69. The number of carbonyl (C=O) groups excluding carboxylic acids is 2. The van der Waals surface area contributed by atoms with Gasteiger partial charge in [-0.25, -0.2) is 13.2 Å². The van der Waals surface area contributed by atoms with E-state index in [1.54, 1.807) is 31.2 Å². The first kappa shape index (κ1) is 24.0. The number of piperidine rings is 1. The highest BCUT2D eigenvalue weighted by atomic mass is 32.2. The average molecular weight is 489 g/mol. The van der Waals surface area contributed by atoms with Gasteiger partial charge in [0, 0.05) is 24.8 Å². The van der Waals surface area contributed by atoms with Crippen LogP contribution in [0.2, 0.25) is 0 Å². The highest BCUT2D eigenvalue weighted by molar-refractivity contribution is 7.89. The first-order valence-corrected chi connectivity index (χ1v) is 12.7. The molecule has 1 atom stereocenters. The molecule has 1 N–H and O–H groups in total. The van der Waals surface area contributed by atoms with Crippen LogP contribution in [0, 0.1) is 6.92 Å². The van der Waals surface area contributed by atoms with Gasteiger partial charge in [-0.2, -0.15) is 4.31 Å². The number of esters is 1. The summed E-state index contributed by atoms with van der Waals surface area (Å²) in [7, 11) is -3.70. The van der Waals surface area contributed by atoms with E-state index in [1.807, 2.05) is 0 Å². The Morgan fingerprint density at radius 1 is 1.00 bits per heavy atom. The summed E-state index contributed by atoms with van der Waals surface area (Å²) in [6.45, 7) is 4.96. The van der Waals surface area contributed by atoms with Crippen LogP contribution in [-0.2, 0) is 19.6 Å². The Labute approximate surface area is 199 Å². The third-order valence-corrected chi connectivity index (χ3v) is 7.74. The van der Waals surface area contributed by atoms with Crippen molar-refractivity contribution >= 4 is 27.6 Å². The van der Waals surface area contributed by atoms with Gasteiger partial charge in [-0.3, -0.25) is 4.79 Å². The Morgan fingerprint density at radius 3 is 2.44 bits per heavy atom. The molecule has 2 heterocycles. The number of anilines is 1. The molecule has 1 fully saturated rings. The van der Waals surface area contributed by atoms with Crippen molar-refractivity contribution in [2.75, 3.05) is 31.6 Å². The highest BCUT2D eigenvalue weighted by Crippen LogP contribution is 2.32. The second kappa shape index (κ2) is 10.0. The van der Waals surface area contributed by atoms with Crippen LogP contribution in [0.25, 0.3) is 0 Å². The minimum absolute atomic E-state index is 0.0420. The Hall–Kier alpha value is -3.11. The Balaban J connectivity index is 1.44. The predicted molar refractivity (Wildman–Crippen MR) is 125 cm³/mol. The van der Waals surface area contributed by atoms with Crippen LogP contribution in [0.3, 0.4) is 0 Å². The van der Waals surface area contributed by atoms with E-state index in [-0.39, 0.29) is 10.5 Å². The molecule has 0 saturated carbocycles. The molecule has 0 aliphatic carbocycles. The summed E-state index contributed by atoms with van der Waals surface area (Å²) in [4.78, 5) is 25.5.